The van der Waals surface area contributed by atoms with E-state index in [0.29, 0.717) is 5.56 Å². The van der Waals surface area contributed by atoms with Gasteiger partial charge in [0.15, 0.2) is 5.17 Å². The van der Waals surface area contributed by atoms with E-state index in [-0.39, 0.29) is 6.04 Å². The van der Waals surface area contributed by atoms with Crippen LogP contribution < -0.4 is 4.90 Å². The van der Waals surface area contributed by atoms with Crippen molar-refractivity contribution in [1.29, 1.82) is 5.26 Å². The average Bonchev–Trinajstić information content (AvgIpc) is 3.35. The molecule has 0 radical (unpaired) electrons. The van der Waals surface area contributed by atoms with Crippen molar-refractivity contribution in [2.45, 2.75) is 10.9 Å². The normalized spacial score (nSPS) is 16.0. The highest BCUT2D eigenvalue weighted by atomic mass is 32.2. The molecule has 0 aromatic heterocycles. The van der Waals surface area contributed by atoms with Crippen LogP contribution in [0.1, 0.15) is 22.7 Å². The van der Waals surface area contributed by atoms with Gasteiger partial charge in [-0.05, 0) is 63.7 Å². The number of anilines is 1. The Morgan fingerprint density at radius 1 is 0.703 bits per heavy atom. The number of nitrogens with zero attached hydrogens (tertiary/aromatic N) is 3. The first-order valence-corrected chi connectivity index (χ1v) is 13.1. The predicted molar refractivity (Wildman–Crippen MR) is 153 cm³/mol. The summed E-state index contributed by atoms with van der Waals surface area (Å²) in [5, 5.41) is 12.6. The Bertz CT molecular complexity index is 1760. The third kappa shape index (κ3) is 3.64. The van der Waals surface area contributed by atoms with Crippen LogP contribution in [-0.2, 0) is 0 Å². The first-order valence-electron chi connectivity index (χ1n) is 12.2. The van der Waals surface area contributed by atoms with Gasteiger partial charge in [0.1, 0.15) is 0 Å². The molecule has 1 atom stereocenters. The molecule has 5 aromatic carbocycles. The maximum atomic E-state index is 9.53. The van der Waals surface area contributed by atoms with Gasteiger partial charge in [-0.25, -0.2) is 4.99 Å². The fourth-order valence-corrected chi connectivity index (χ4v) is 6.25. The van der Waals surface area contributed by atoms with E-state index >= 15 is 0 Å². The average molecular weight is 492 g/mol. The van der Waals surface area contributed by atoms with Crippen molar-refractivity contribution in [2.24, 2.45) is 4.99 Å². The van der Waals surface area contributed by atoms with Crippen LogP contribution in [0.15, 0.2) is 131 Å². The zero-order chi connectivity index (χ0) is 24.8. The summed E-state index contributed by atoms with van der Waals surface area (Å²) < 4.78 is 0. The Hall–Kier alpha value is -4.59. The van der Waals surface area contributed by atoms with Crippen LogP contribution in [0, 0.1) is 11.3 Å². The first-order chi connectivity index (χ1) is 18.3. The fourth-order valence-electron chi connectivity index (χ4n) is 5.19. The van der Waals surface area contributed by atoms with Crippen LogP contribution in [0.25, 0.3) is 27.6 Å². The lowest BCUT2D eigenvalue weighted by Crippen LogP contribution is -2.27. The highest BCUT2D eigenvalue weighted by Crippen LogP contribution is 2.48. The van der Waals surface area contributed by atoms with Crippen LogP contribution in [0.2, 0.25) is 0 Å². The molecule has 3 nitrogen and oxygen atoms in total. The highest BCUT2D eigenvalue weighted by molar-refractivity contribution is 8.14. The van der Waals surface area contributed by atoms with Crippen molar-refractivity contribution < 1.29 is 0 Å². The van der Waals surface area contributed by atoms with Gasteiger partial charge in [-0.15, -0.1) is 0 Å². The quantitative estimate of drug-likeness (QED) is 0.254. The van der Waals surface area contributed by atoms with Gasteiger partial charge in [-0.3, -0.25) is 4.90 Å². The molecule has 37 heavy (non-hydrogen) atoms. The molecule has 5 aromatic rings. The number of hydrogen-bond donors (Lipinski definition) is 0. The third-order valence-corrected chi connectivity index (χ3v) is 8.02. The lowest BCUT2D eigenvalue weighted by Gasteiger charge is -2.29. The van der Waals surface area contributed by atoms with Gasteiger partial charge in [-0.1, -0.05) is 97.1 Å². The van der Waals surface area contributed by atoms with Crippen molar-refractivity contribution in [3.63, 3.8) is 0 Å². The zero-order valence-corrected chi connectivity index (χ0v) is 20.7. The van der Waals surface area contributed by atoms with Crippen LogP contribution in [-0.4, -0.2) is 5.17 Å². The highest BCUT2D eigenvalue weighted by Gasteiger charge is 2.34. The van der Waals surface area contributed by atoms with E-state index < -0.39 is 0 Å². The largest absolute Gasteiger partial charge is 0.288 e. The van der Waals surface area contributed by atoms with E-state index in [0.717, 1.165) is 38.3 Å². The molecule has 7 rings (SSSR count). The minimum Gasteiger partial charge on any atom is -0.288 e. The van der Waals surface area contributed by atoms with E-state index in [2.05, 4.69) is 108 Å². The summed E-state index contributed by atoms with van der Waals surface area (Å²) in [5.74, 6) is 0. The fraction of sp³-hybridized carbons (Fsp3) is 0.0303. The van der Waals surface area contributed by atoms with Gasteiger partial charge in [-0.2, -0.15) is 5.26 Å². The number of fused-ring (bicyclic) bond motifs is 4. The molecule has 0 saturated carbocycles. The molecule has 0 spiro atoms. The second-order valence-corrected chi connectivity index (χ2v) is 10.1. The summed E-state index contributed by atoms with van der Waals surface area (Å²) in [4.78, 5) is 8.68. The Labute approximate surface area is 220 Å². The number of para-hydroxylation sites is 1. The number of hydrogen-bond acceptors (Lipinski definition) is 4. The monoisotopic (exact) mass is 491 g/mol. The Morgan fingerprint density at radius 3 is 2.24 bits per heavy atom. The molecule has 2 aliphatic rings. The van der Waals surface area contributed by atoms with E-state index in [9.17, 15) is 5.26 Å². The number of rotatable bonds is 3. The summed E-state index contributed by atoms with van der Waals surface area (Å²) in [5.41, 5.74) is 7.64. The Morgan fingerprint density at radius 2 is 1.43 bits per heavy atom. The maximum Gasteiger partial charge on any atom is 0.174 e. The molecular formula is C33H21N3S. The smallest absolute Gasteiger partial charge is 0.174 e. The minimum atomic E-state index is -0.0740. The zero-order valence-electron chi connectivity index (χ0n) is 19.9. The minimum absolute atomic E-state index is 0.0740. The molecule has 2 heterocycles. The van der Waals surface area contributed by atoms with Gasteiger partial charge in [0.2, 0.25) is 0 Å². The molecule has 0 bridgehead atoms. The number of amidine groups is 1. The van der Waals surface area contributed by atoms with Crippen LogP contribution in [0.5, 0.6) is 0 Å². The molecule has 0 fully saturated rings. The van der Waals surface area contributed by atoms with Crippen molar-refractivity contribution in [3.8, 4) is 17.2 Å². The second-order valence-electron chi connectivity index (χ2n) is 9.12. The van der Waals surface area contributed by atoms with E-state index in [1.165, 1.54) is 16.1 Å². The molecule has 0 saturated heterocycles. The molecule has 174 valence electrons. The molecule has 2 aliphatic heterocycles. The third-order valence-electron chi connectivity index (χ3n) is 6.98. The van der Waals surface area contributed by atoms with Crippen LogP contribution >= 0.6 is 11.8 Å². The number of nitriles is 1. The number of aliphatic imine (C=N–C) groups is 1. The molecule has 0 aliphatic carbocycles. The van der Waals surface area contributed by atoms with E-state index in [4.69, 9.17) is 4.99 Å². The summed E-state index contributed by atoms with van der Waals surface area (Å²) in [6.45, 7) is 0. The summed E-state index contributed by atoms with van der Waals surface area (Å²) in [6, 6.07) is 42.1. The summed E-state index contributed by atoms with van der Waals surface area (Å²) >= 11 is 1.73. The topological polar surface area (TPSA) is 39.4 Å². The SMILES string of the molecule is N#Cc1ccc(-c2ccc(C3C=C(c4ccccc4)N4C(=N3)Sc3ccccc34)cc2)c2ccccc12. The Kier molecular flexibility index (Phi) is 5.16. The van der Waals surface area contributed by atoms with Crippen LogP contribution in [0.4, 0.5) is 5.69 Å². The molecule has 0 amide bonds. The van der Waals surface area contributed by atoms with E-state index in [1.54, 1.807) is 11.8 Å². The number of thioether (sulfide) groups is 1. The van der Waals surface area contributed by atoms with Crippen molar-refractivity contribution in [2.75, 3.05) is 4.90 Å². The predicted octanol–water partition coefficient (Wildman–Crippen LogP) is 8.44. The van der Waals surface area contributed by atoms with Gasteiger partial charge in [0, 0.05) is 10.3 Å². The molecule has 1 unspecified atom stereocenters. The van der Waals surface area contributed by atoms with Gasteiger partial charge in [0.25, 0.3) is 0 Å². The lowest BCUT2D eigenvalue weighted by atomic mass is 9.94. The van der Waals surface area contributed by atoms with Gasteiger partial charge in [0.05, 0.1) is 29.1 Å². The van der Waals surface area contributed by atoms with Gasteiger partial charge >= 0.3 is 0 Å². The second kappa shape index (κ2) is 8.81. The molecule has 0 N–H and O–H groups in total. The lowest BCUT2D eigenvalue weighted by molar-refractivity contribution is 0.899. The standard InChI is InChI=1S/C33H21N3S/c34-21-25-18-19-27(28-11-5-4-10-26(25)28)22-14-16-23(17-15-22)29-20-31(24-8-2-1-3-9-24)36-30-12-6-7-13-32(30)37-33(36)35-29/h1-20,29H. The van der Waals surface area contributed by atoms with E-state index in [1.807, 2.05) is 24.3 Å². The van der Waals surface area contributed by atoms with Crippen molar-refractivity contribution in [1.82, 2.24) is 0 Å². The summed E-state index contributed by atoms with van der Waals surface area (Å²) in [6.07, 6.45) is 2.27. The first kappa shape index (κ1) is 21.7. The Balaban J connectivity index is 1.30. The van der Waals surface area contributed by atoms with Crippen molar-refractivity contribution in [3.05, 3.63) is 138 Å². The summed E-state index contributed by atoms with van der Waals surface area (Å²) in [7, 11) is 0. The maximum absolute atomic E-state index is 9.53. The van der Waals surface area contributed by atoms with Crippen LogP contribution in [0.3, 0.4) is 0 Å². The number of benzene rings is 5. The van der Waals surface area contributed by atoms with Gasteiger partial charge < -0.3 is 0 Å². The molecule has 4 heteroatoms. The van der Waals surface area contributed by atoms with Crippen molar-refractivity contribution >= 4 is 39.1 Å². The molecular weight excluding hydrogens is 470 g/mol.